The van der Waals surface area contributed by atoms with Crippen LogP contribution in [0.5, 0.6) is 5.75 Å². The average molecular weight is 267 g/mol. The Morgan fingerprint density at radius 1 is 0.950 bits per heavy atom. The van der Waals surface area contributed by atoms with E-state index in [1.54, 1.807) is 0 Å². The van der Waals surface area contributed by atoms with E-state index in [-0.39, 0.29) is 12.1 Å². The first-order valence-corrected chi connectivity index (χ1v) is 7.15. The van der Waals surface area contributed by atoms with Crippen LogP contribution < -0.4 is 10.5 Å². The van der Waals surface area contributed by atoms with Crippen LogP contribution in [0.3, 0.4) is 0 Å². The van der Waals surface area contributed by atoms with E-state index in [1.165, 1.54) is 22.3 Å². The summed E-state index contributed by atoms with van der Waals surface area (Å²) in [5.74, 6) is 0.925. The van der Waals surface area contributed by atoms with E-state index < -0.39 is 0 Å². The highest BCUT2D eigenvalue weighted by molar-refractivity contribution is 5.42. The van der Waals surface area contributed by atoms with Gasteiger partial charge < -0.3 is 10.5 Å². The van der Waals surface area contributed by atoms with Gasteiger partial charge in [0.15, 0.2) is 0 Å². The zero-order valence-corrected chi connectivity index (χ0v) is 12.3. The molecular weight excluding hydrogens is 246 g/mol. The summed E-state index contributed by atoms with van der Waals surface area (Å²) in [4.78, 5) is 0. The fourth-order valence-electron chi connectivity index (χ4n) is 2.97. The van der Waals surface area contributed by atoms with Crippen LogP contribution in [0, 0.1) is 20.8 Å². The topological polar surface area (TPSA) is 35.2 Å². The standard InChI is InChI=1S/C18H21NO/c1-11-8-13(3)15(9-12(11)2)18-10-16(19)14-6-4-5-7-17(14)20-18/h4-9,16,18H,10,19H2,1-3H3/t16-,18?/m1/s1. The van der Waals surface area contributed by atoms with E-state index in [2.05, 4.69) is 39.0 Å². The predicted octanol–water partition coefficient (Wildman–Crippen LogP) is 4.14. The molecule has 0 saturated heterocycles. The van der Waals surface area contributed by atoms with Gasteiger partial charge in [0.2, 0.25) is 0 Å². The van der Waals surface area contributed by atoms with E-state index in [4.69, 9.17) is 10.5 Å². The molecule has 1 aliphatic heterocycles. The summed E-state index contributed by atoms with van der Waals surface area (Å²) >= 11 is 0. The maximum atomic E-state index is 6.31. The first-order chi connectivity index (χ1) is 9.56. The molecule has 0 bridgehead atoms. The van der Waals surface area contributed by atoms with E-state index in [9.17, 15) is 0 Å². The van der Waals surface area contributed by atoms with Crippen LogP contribution in [0.4, 0.5) is 0 Å². The third-order valence-electron chi connectivity index (χ3n) is 4.28. The zero-order chi connectivity index (χ0) is 14.3. The lowest BCUT2D eigenvalue weighted by atomic mass is 9.90. The molecule has 3 rings (SSSR count). The Bertz CT molecular complexity index is 648. The fourth-order valence-corrected chi connectivity index (χ4v) is 2.97. The molecule has 2 nitrogen and oxygen atoms in total. The lowest BCUT2D eigenvalue weighted by Gasteiger charge is -2.31. The summed E-state index contributed by atoms with van der Waals surface area (Å²) in [7, 11) is 0. The SMILES string of the molecule is Cc1cc(C)c(C2C[C@@H](N)c3ccccc3O2)cc1C. The molecule has 0 aromatic heterocycles. The van der Waals surface area contributed by atoms with E-state index >= 15 is 0 Å². The Kier molecular flexibility index (Phi) is 3.27. The molecule has 0 spiro atoms. The van der Waals surface area contributed by atoms with Crippen LogP contribution in [0.1, 0.15) is 46.4 Å². The number of para-hydroxylation sites is 1. The van der Waals surface area contributed by atoms with Crippen molar-refractivity contribution in [3.63, 3.8) is 0 Å². The van der Waals surface area contributed by atoms with Crippen LogP contribution in [-0.4, -0.2) is 0 Å². The summed E-state index contributed by atoms with van der Waals surface area (Å²) < 4.78 is 6.18. The number of rotatable bonds is 1. The van der Waals surface area contributed by atoms with Gasteiger partial charge in [0.1, 0.15) is 11.9 Å². The van der Waals surface area contributed by atoms with Crippen molar-refractivity contribution in [3.8, 4) is 5.75 Å². The second kappa shape index (κ2) is 4.95. The minimum absolute atomic E-state index is 0.0472. The van der Waals surface area contributed by atoms with Crippen molar-refractivity contribution in [3.05, 3.63) is 64.2 Å². The maximum Gasteiger partial charge on any atom is 0.126 e. The Labute approximate surface area is 120 Å². The molecule has 2 heteroatoms. The van der Waals surface area contributed by atoms with E-state index in [0.717, 1.165) is 17.7 Å². The van der Waals surface area contributed by atoms with Crippen LogP contribution in [-0.2, 0) is 0 Å². The van der Waals surface area contributed by atoms with Gasteiger partial charge in [-0.25, -0.2) is 0 Å². The molecule has 1 aliphatic rings. The van der Waals surface area contributed by atoms with Crippen LogP contribution >= 0.6 is 0 Å². The van der Waals surface area contributed by atoms with Gasteiger partial charge in [0.05, 0.1) is 0 Å². The predicted molar refractivity (Wildman–Crippen MR) is 82.0 cm³/mol. The maximum absolute atomic E-state index is 6.31. The summed E-state index contributed by atoms with van der Waals surface area (Å²) in [6.45, 7) is 6.45. The Hall–Kier alpha value is -1.80. The van der Waals surface area contributed by atoms with Crippen molar-refractivity contribution in [2.45, 2.75) is 39.3 Å². The molecule has 20 heavy (non-hydrogen) atoms. The number of hydrogen-bond donors (Lipinski definition) is 1. The second-order valence-corrected chi connectivity index (χ2v) is 5.78. The zero-order valence-electron chi connectivity index (χ0n) is 12.3. The molecule has 2 atom stereocenters. The van der Waals surface area contributed by atoms with Gasteiger partial charge in [-0.2, -0.15) is 0 Å². The van der Waals surface area contributed by atoms with Gasteiger partial charge in [-0.15, -0.1) is 0 Å². The summed E-state index contributed by atoms with van der Waals surface area (Å²) in [5, 5.41) is 0. The number of ether oxygens (including phenoxy) is 1. The third-order valence-corrected chi connectivity index (χ3v) is 4.28. The largest absolute Gasteiger partial charge is 0.485 e. The van der Waals surface area contributed by atoms with Gasteiger partial charge in [0, 0.05) is 18.0 Å². The minimum Gasteiger partial charge on any atom is -0.485 e. The van der Waals surface area contributed by atoms with Gasteiger partial charge in [-0.1, -0.05) is 30.3 Å². The van der Waals surface area contributed by atoms with Gasteiger partial charge >= 0.3 is 0 Å². The van der Waals surface area contributed by atoms with E-state index in [0.29, 0.717) is 0 Å². The van der Waals surface area contributed by atoms with Gasteiger partial charge in [-0.3, -0.25) is 0 Å². The normalized spacial score (nSPS) is 21.2. The summed E-state index contributed by atoms with van der Waals surface area (Å²) in [5.41, 5.74) is 12.6. The van der Waals surface area contributed by atoms with Crippen molar-refractivity contribution in [2.75, 3.05) is 0 Å². The molecule has 0 saturated carbocycles. The molecule has 1 heterocycles. The first-order valence-electron chi connectivity index (χ1n) is 7.15. The smallest absolute Gasteiger partial charge is 0.126 e. The van der Waals surface area contributed by atoms with Crippen LogP contribution in [0.15, 0.2) is 36.4 Å². The molecule has 2 aromatic rings. The highest BCUT2D eigenvalue weighted by atomic mass is 16.5. The van der Waals surface area contributed by atoms with Crippen LogP contribution in [0.25, 0.3) is 0 Å². The molecule has 104 valence electrons. The van der Waals surface area contributed by atoms with Crippen molar-refractivity contribution in [1.82, 2.24) is 0 Å². The Morgan fingerprint density at radius 3 is 2.45 bits per heavy atom. The molecule has 0 radical (unpaired) electrons. The lowest BCUT2D eigenvalue weighted by Crippen LogP contribution is -2.24. The van der Waals surface area contributed by atoms with Crippen LogP contribution in [0.2, 0.25) is 0 Å². The summed E-state index contributed by atoms with van der Waals surface area (Å²) in [6, 6.07) is 12.6. The average Bonchev–Trinajstić information content (AvgIpc) is 2.43. The summed E-state index contributed by atoms with van der Waals surface area (Å²) in [6.07, 6.45) is 0.888. The number of fused-ring (bicyclic) bond motifs is 1. The monoisotopic (exact) mass is 267 g/mol. The Balaban J connectivity index is 2.00. The molecule has 1 unspecified atom stereocenters. The van der Waals surface area contributed by atoms with Crippen molar-refractivity contribution in [2.24, 2.45) is 5.73 Å². The number of aryl methyl sites for hydroxylation is 3. The fraction of sp³-hybridized carbons (Fsp3) is 0.333. The van der Waals surface area contributed by atoms with Crippen molar-refractivity contribution >= 4 is 0 Å². The quantitative estimate of drug-likeness (QED) is 0.843. The number of benzene rings is 2. The third kappa shape index (κ3) is 2.20. The molecular formula is C18H21NO. The van der Waals surface area contributed by atoms with Gasteiger partial charge in [0.25, 0.3) is 0 Å². The molecule has 0 aliphatic carbocycles. The highest BCUT2D eigenvalue weighted by Crippen LogP contribution is 2.40. The van der Waals surface area contributed by atoms with Gasteiger partial charge in [-0.05, 0) is 49.1 Å². The number of nitrogens with two attached hydrogens (primary N) is 1. The first kappa shape index (κ1) is 13.2. The van der Waals surface area contributed by atoms with Crippen molar-refractivity contribution in [1.29, 1.82) is 0 Å². The number of hydrogen-bond acceptors (Lipinski definition) is 2. The Morgan fingerprint density at radius 2 is 1.65 bits per heavy atom. The molecule has 0 amide bonds. The second-order valence-electron chi connectivity index (χ2n) is 5.78. The van der Waals surface area contributed by atoms with Crippen molar-refractivity contribution < 1.29 is 4.74 Å². The minimum atomic E-state index is 0.0472. The van der Waals surface area contributed by atoms with E-state index in [1.807, 2.05) is 18.2 Å². The molecule has 2 N–H and O–H groups in total. The lowest BCUT2D eigenvalue weighted by molar-refractivity contribution is 0.161. The molecule has 0 fully saturated rings. The molecule has 2 aromatic carbocycles. The highest BCUT2D eigenvalue weighted by Gasteiger charge is 2.27.